The van der Waals surface area contributed by atoms with Gasteiger partial charge in [0.2, 0.25) is 0 Å². The normalized spacial score (nSPS) is 11.6. The van der Waals surface area contributed by atoms with Crippen LogP contribution in [0.15, 0.2) is 73.1 Å². The zero-order chi connectivity index (χ0) is 43.4. The van der Waals surface area contributed by atoms with Gasteiger partial charge in [-0.05, 0) is 137 Å². The molecule has 5 N–H and O–H groups in total. The van der Waals surface area contributed by atoms with Crippen molar-refractivity contribution in [3.8, 4) is 0 Å². The lowest BCUT2D eigenvalue weighted by Crippen LogP contribution is -2.14. The fraction of sp³-hybridized carbons (Fsp3) is 0.469. The second-order valence-electron chi connectivity index (χ2n) is 14.9. The molecule has 338 valence electrons. The largest absolute Gasteiger partial charge is 0.481 e. The van der Waals surface area contributed by atoms with Gasteiger partial charge in [0.05, 0.1) is 5.56 Å². The van der Waals surface area contributed by atoms with Crippen LogP contribution in [0.25, 0.3) is 11.0 Å². The van der Waals surface area contributed by atoms with Gasteiger partial charge in [0.25, 0.3) is 0 Å². The Morgan fingerprint density at radius 3 is 1.69 bits per heavy atom. The molecule has 5 aromatic heterocycles. The Morgan fingerprint density at radius 1 is 0.694 bits per heavy atom. The minimum atomic E-state index is -0.740. The molecule has 0 bridgehead atoms. The Kier molecular flexibility index (Phi) is 28.4. The molecule has 12 nitrogen and oxygen atoms in total. The third-order valence-electron chi connectivity index (χ3n) is 9.70. The second kappa shape index (κ2) is 32.3. The standard InChI is InChI=1S/C12H16N2O2.C12H18N2.C12H14N2.C6H6N2O.C6H12O.CH4.ClH/c15-11(16)5-1-4-10-7-6-9-3-2-8-13-12(9)14-10;2*1-2-3-6-11-8-7-10-5-4-9-13-12(10)14-11;7-6-5(4-9)2-1-3-8-6;1-3-4-5-6(2)7;;/h6-7H,1-5,8H2,(H,13,14)(H,15,16);7-8H,2-6,9H2,1H3,(H,13,14);4-5,7-9H,2-3,6H2,1H3;1-4H,(H2,7,8);3-5H2,1-2H3;1H4;1H. The van der Waals surface area contributed by atoms with E-state index < -0.39 is 5.97 Å². The molecule has 0 amide bonds. The summed E-state index contributed by atoms with van der Waals surface area (Å²) in [6, 6.07) is 20.0. The minimum Gasteiger partial charge on any atom is -0.481 e. The van der Waals surface area contributed by atoms with E-state index in [1.54, 1.807) is 31.5 Å². The van der Waals surface area contributed by atoms with Crippen molar-refractivity contribution in [3.63, 3.8) is 0 Å². The van der Waals surface area contributed by atoms with Crippen molar-refractivity contribution in [2.45, 2.75) is 138 Å². The molecule has 0 spiro atoms. The predicted molar refractivity (Wildman–Crippen MR) is 258 cm³/mol. The number of aldehydes is 1. The summed E-state index contributed by atoms with van der Waals surface area (Å²) in [6.07, 6.45) is 20.3. The molecule has 0 aromatic carbocycles. The van der Waals surface area contributed by atoms with Crippen LogP contribution in [0.5, 0.6) is 0 Å². The Bertz CT molecular complexity index is 2050. The van der Waals surface area contributed by atoms with Gasteiger partial charge in [-0.1, -0.05) is 59.6 Å². The highest BCUT2D eigenvalue weighted by molar-refractivity contribution is 5.85. The summed E-state index contributed by atoms with van der Waals surface area (Å²) in [6.45, 7) is 10.2. The van der Waals surface area contributed by atoms with Crippen molar-refractivity contribution in [2.75, 3.05) is 29.5 Å². The molecule has 2 aliphatic rings. The first kappa shape index (κ1) is 54.5. The molecule has 13 heteroatoms. The molecule has 0 saturated heterocycles. The summed E-state index contributed by atoms with van der Waals surface area (Å²) in [5.41, 5.74) is 12.6. The monoisotopic (exact) mass is 871 g/mol. The lowest BCUT2D eigenvalue weighted by Gasteiger charge is -2.17. The number of carboxylic acids is 1. The number of hydrogen-bond acceptors (Lipinski definition) is 11. The average Bonchev–Trinajstić information content (AvgIpc) is 3.27. The van der Waals surface area contributed by atoms with Gasteiger partial charge < -0.3 is 26.3 Å². The number of nitrogens with zero attached hydrogens (tertiary/aromatic N) is 5. The Morgan fingerprint density at radius 2 is 1.21 bits per heavy atom. The Balaban J connectivity index is 0.000000395. The molecule has 0 fully saturated rings. The number of Topliss-reactive ketones (excluding diaryl/α,β-unsaturated/α-hetero) is 1. The lowest BCUT2D eigenvalue weighted by molar-refractivity contribution is -0.137. The molecule has 0 atom stereocenters. The SMILES string of the molecule is C.CCCCC(C)=O.CCCCc1ccc2c(n1)NCCC2.CCCCc1ccc2cccnc2n1.Cl.Nc1ncccc1C=O.O=C(O)CCCc1ccc2c(n1)NCCC2. The van der Waals surface area contributed by atoms with E-state index in [1.807, 2.05) is 18.2 Å². The Hall–Kier alpha value is -5.49. The molecule has 7 rings (SSSR count). The van der Waals surface area contributed by atoms with Crippen LogP contribution in [-0.2, 0) is 41.7 Å². The highest BCUT2D eigenvalue weighted by Crippen LogP contribution is 2.21. The number of halogens is 1. The number of nitrogens with two attached hydrogens (primary N) is 1. The Labute approximate surface area is 376 Å². The van der Waals surface area contributed by atoms with Crippen molar-refractivity contribution < 1.29 is 19.5 Å². The topological polar surface area (TPSA) is 186 Å². The third-order valence-corrected chi connectivity index (χ3v) is 9.70. The highest BCUT2D eigenvalue weighted by atomic mass is 35.5. The maximum Gasteiger partial charge on any atom is 0.303 e. The lowest BCUT2D eigenvalue weighted by atomic mass is 10.1. The summed E-state index contributed by atoms with van der Waals surface area (Å²) in [4.78, 5) is 52.3. The van der Waals surface area contributed by atoms with Crippen molar-refractivity contribution in [1.82, 2.24) is 24.9 Å². The molecule has 62 heavy (non-hydrogen) atoms. The van der Waals surface area contributed by atoms with E-state index in [0.29, 0.717) is 24.1 Å². The minimum absolute atomic E-state index is 0. The molecule has 0 saturated carbocycles. The van der Waals surface area contributed by atoms with E-state index in [4.69, 9.17) is 10.8 Å². The number of aryl methyl sites for hydroxylation is 5. The highest BCUT2D eigenvalue weighted by Gasteiger charge is 2.11. The summed E-state index contributed by atoms with van der Waals surface area (Å²) in [5.74, 6) is 1.97. The van der Waals surface area contributed by atoms with Crippen LogP contribution >= 0.6 is 12.4 Å². The van der Waals surface area contributed by atoms with Crippen LogP contribution < -0.4 is 16.4 Å². The van der Waals surface area contributed by atoms with Gasteiger partial charge in [-0.15, -0.1) is 12.4 Å². The number of carbonyl (C=O) groups excluding carboxylic acids is 2. The molecule has 0 radical (unpaired) electrons. The zero-order valence-corrected chi connectivity index (χ0v) is 37.4. The summed E-state index contributed by atoms with van der Waals surface area (Å²) >= 11 is 0. The van der Waals surface area contributed by atoms with E-state index in [1.165, 1.54) is 55.3 Å². The van der Waals surface area contributed by atoms with Gasteiger partial charge in [-0.25, -0.2) is 24.9 Å². The number of pyridine rings is 5. The molecule has 7 heterocycles. The van der Waals surface area contributed by atoms with Crippen molar-refractivity contribution in [2.24, 2.45) is 0 Å². The summed E-state index contributed by atoms with van der Waals surface area (Å²) in [7, 11) is 0. The number of rotatable bonds is 14. The van der Waals surface area contributed by atoms with Gasteiger partial charge >= 0.3 is 5.97 Å². The smallest absolute Gasteiger partial charge is 0.303 e. The van der Waals surface area contributed by atoms with Crippen LogP contribution in [-0.4, -0.2) is 61.2 Å². The first-order valence-electron chi connectivity index (χ1n) is 21.7. The molecule has 0 unspecified atom stereocenters. The summed E-state index contributed by atoms with van der Waals surface area (Å²) < 4.78 is 0. The van der Waals surface area contributed by atoms with Crippen molar-refractivity contribution >= 4 is 58.9 Å². The van der Waals surface area contributed by atoms with Gasteiger partial charge in [-0.3, -0.25) is 9.59 Å². The zero-order valence-electron chi connectivity index (χ0n) is 36.6. The molecule has 5 aromatic rings. The van der Waals surface area contributed by atoms with Gasteiger partial charge in [0.15, 0.2) is 11.9 Å². The van der Waals surface area contributed by atoms with Gasteiger partial charge in [0, 0.05) is 60.8 Å². The number of nitrogens with one attached hydrogen (secondary N) is 2. The quantitative estimate of drug-likeness (QED) is 0.0775. The molecular formula is C49H71ClN8O4. The van der Waals surface area contributed by atoms with Crippen molar-refractivity contribution in [3.05, 3.63) is 107 Å². The van der Waals surface area contributed by atoms with E-state index in [-0.39, 0.29) is 32.1 Å². The van der Waals surface area contributed by atoms with Gasteiger partial charge in [-0.2, -0.15) is 0 Å². The van der Waals surface area contributed by atoms with Crippen LogP contribution in [0.4, 0.5) is 17.5 Å². The number of hydrogen-bond donors (Lipinski definition) is 4. The van der Waals surface area contributed by atoms with E-state index in [0.717, 1.165) is 98.5 Å². The molecule has 0 aliphatic carbocycles. The fourth-order valence-corrected chi connectivity index (χ4v) is 6.24. The average molecular weight is 872 g/mol. The van der Waals surface area contributed by atoms with Crippen LogP contribution in [0, 0.1) is 0 Å². The number of nitrogen functional groups attached to an aromatic ring is 1. The van der Waals surface area contributed by atoms with E-state index in [2.05, 4.69) is 86.7 Å². The molecule has 2 aliphatic heterocycles. The summed E-state index contributed by atoms with van der Waals surface area (Å²) in [5, 5.41) is 16.3. The van der Waals surface area contributed by atoms with Crippen molar-refractivity contribution in [1.29, 1.82) is 0 Å². The number of fused-ring (bicyclic) bond motifs is 3. The molecular weight excluding hydrogens is 800 g/mol. The van der Waals surface area contributed by atoms with E-state index >= 15 is 0 Å². The number of aliphatic carboxylic acids is 1. The third kappa shape index (κ3) is 21.3. The maximum atomic E-state index is 10.4. The first-order valence-corrected chi connectivity index (χ1v) is 21.7. The van der Waals surface area contributed by atoms with Gasteiger partial charge in [0.1, 0.15) is 23.2 Å². The number of carboxylic acid groups (broad SMARTS) is 1. The van der Waals surface area contributed by atoms with E-state index in [9.17, 15) is 14.4 Å². The number of aromatic nitrogens is 5. The number of ketones is 1. The van der Waals surface area contributed by atoms with Crippen LogP contribution in [0.2, 0.25) is 0 Å². The fourth-order valence-electron chi connectivity index (χ4n) is 6.24. The number of carbonyl (C=O) groups is 3. The van der Waals surface area contributed by atoms with Crippen LogP contribution in [0.1, 0.15) is 144 Å². The first-order chi connectivity index (χ1) is 29.2. The van der Waals surface area contributed by atoms with Crippen LogP contribution in [0.3, 0.4) is 0 Å². The second-order valence-corrected chi connectivity index (χ2v) is 14.9. The maximum absolute atomic E-state index is 10.4. The number of unbranched alkanes of at least 4 members (excludes halogenated alkanes) is 3. The number of anilines is 3. The predicted octanol–water partition coefficient (Wildman–Crippen LogP) is 10.9.